The molecule has 1 N–H and O–H groups in total. The SMILES string of the molecule is CNC(=O)[C@H](Cc1ccccc1)N(Cc1ccc(Cl)cc1)C(=O)COc1ccccc1C. The molecule has 0 fully saturated rings. The Balaban J connectivity index is 1.87. The summed E-state index contributed by atoms with van der Waals surface area (Å²) in [5, 5.41) is 3.32. The van der Waals surface area contributed by atoms with E-state index in [1.165, 1.54) is 0 Å². The average Bonchev–Trinajstić information content (AvgIpc) is 2.82. The molecule has 0 spiro atoms. The molecule has 0 heterocycles. The van der Waals surface area contributed by atoms with Gasteiger partial charge in [-0.2, -0.15) is 0 Å². The van der Waals surface area contributed by atoms with Crippen molar-refractivity contribution in [1.82, 2.24) is 10.2 Å². The quantitative estimate of drug-likeness (QED) is 0.525. The standard InChI is InChI=1S/C26H27ClN2O3/c1-19-8-6-7-11-24(19)32-18-25(30)29(17-21-12-14-22(27)15-13-21)23(26(31)28-2)16-20-9-4-3-5-10-20/h3-15,23H,16-18H2,1-2H3,(H,28,31)/t23-/m0/s1. The second-order valence-electron chi connectivity index (χ2n) is 7.52. The largest absolute Gasteiger partial charge is 0.484 e. The first-order chi connectivity index (χ1) is 15.5. The predicted octanol–water partition coefficient (Wildman–Crippen LogP) is 4.41. The van der Waals surface area contributed by atoms with Crippen molar-refractivity contribution >= 4 is 23.4 Å². The number of rotatable bonds is 9. The maximum absolute atomic E-state index is 13.3. The van der Waals surface area contributed by atoms with Gasteiger partial charge in [0, 0.05) is 25.0 Å². The lowest BCUT2D eigenvalue weighted by atomic mass is 10.0. The fourth-order valence-electron chi connectivity index (χ4n) is 3.45. The molecule has 0 aliphatic rings. The van der Waals surface area contributed by atoms with Gasteiger partial charge in [-0.3, -0.25) is 9.59 Å². The number of carbonyl (C=O) groups is 2. The Kier molecular flexibility index (Phi) is 8.28. The number of aryl methyl sites for hydroxylation is 1. The van der Waals surface area contributed by atoms with Gasteiger partial charge in [-0.15, -0.1) is 0 Å². The van der Waals surface area contributed by atoms with Crippen LogP contribution in [-0.2, 0) is 22.6 Å². The van der Waals surface area contributed by atoms with Gasteiger partial charge in [0.2, 0.25) is 5.91 Å². The number of para-hydroxylation sites is 1. The summed E-state index contributed by atoms with van der Waals surface area (Å²) in [7, 11) is 1.58. The summed E-state index contributed by atoms with van der Waals surface area (Å²) in [6, 6.07) is 23.8. The van der Waals surface area contributed by atoms with Gasteiger partial charge in [-0.1, -0.05) is 72.3 Å². The number of halogens is 1. The van der Waals surface area contributed by atoms with Crippen LogP contribution in [0, 0.1) is 6.92 Å². The number of carbonyl (C=O) groups excluding carboxylic acids is 2. The van der Waals surface area contributed by atoms with Crippen molar-refractivity contribution < 1.29 is 14.3 Å². The topological polar surface area (TPSA) is 58.6 Å². The van der Waals surface area contributed by atoms with E-state index in [4.69, 9.17) is 16.3 Å². The monoisotopic (exact) mass is 450 g/mol. The second kappa shape index (κ2) is 11.3. The zero-order valence-electron chi connectivity index (χ0n) is 18.3. The molecule has 0 bridgehead atoms. The van der Waals surface area contributed by atoms with Crippen molar-refractivity contribution in [2.45, 2.75) is 25.9 Å². The van der Waals surface area contributed by atoms with Crippen LogP contribution in [0.1, 0.15) is 16.7 Å². The van der Waals surface area contributed by atoms with Gasteiger partial charge in [-0.05, 0) is 41.8 Å². The third kappa shape index (κ3) is 6.34. The van der Waals surface area contributed by atoms with E-state index < -0.39 is 6.04 Å². The first-order valence-corrected chi connectivity index (χ1v) is 10.8. The highest BCUT2D eigenvalue weighted by Gasteiger charge is 2.30. The van der Waals surface area contributed by atoms with Crippen LogP contribution in [0.25, 0.3) is 0 Å². The Morgan fingerprint density at radius 1 is 0.938 bits per heavy atom. The lowest BCUT2D eigenvalue weighted by Crippen LogP contribution is -2.51. The minimum atomic E-state index is -0.689. The molecule has 0 saturated heterocycles. The molecule has 0 radical (unpaired) electrons. The predicted molar refractivity (Wildman–Crippen MR) is 127 cm³/mol. The van der Waals surface area contributed by atoms with E-state index >= 15 is 0 Å². The molecule has 5 nitrogen and oxygen atoms in total. The molecule has 0 saturated carbocycles. The molecule has 0 aliphatic carbocycles. The lowest BCUT2D eigenvalue weighted by Gasteiger charge is -2.31. The van der Waals surface area contributed by atoms with Crippen molar-refractivity contribution in [3.8, 4) is 5.75 Å². The average molecular weight is 451 g/mol. The molecular weight excluding hydrogens is 424 g/mol. The minimum Gasteiger partial charge on any atom is -0.484 e. The van der Waals surface area contributed by atoms with Gasteiger partial charge in [0.05, 0.1) is 0 Å². The fourth-order valence-corrected chi connectivity index (χ4v) is 3.57. The number of hydrogen-bond donors (Lipinski definition) is 1. The van der Waals surface area contributed by atoms with Crippen LogP contribution in [0.4, 0.5) is 0 Å². The molecule has 0 unspecified atom stereocenters. The summed E-state index contributed by atoms with van der Waals surface area (Å²) >= 11 is 6.02. The van der Waals surface area contributed by atoms with E-state index in [0.717, 1.165) is 16.7 Å². The Bertz CT molecular complexity index is 1040. The van der Waals surface area contributed by atoms with Gasteiger partial charge in [-0.25, -0.2) is 0 Å². The van der Waals surface area contributed by atoms with E-state index in [1.807, 2.05) is 73.7 Å². The van der Waals surface area contributed by atoms with Crippen molar-refractivity contribution in [2.75, 3.05) is 13.7 Å². The third-order valence-electron chi connectivity index (χ3n) is 5.23. The van der Waals surface area contributed by atoms with E-state index in [-0.39, 0.29) is 25.0 Å². The molecule has 6 heteroatoms. The number of amides is 2. The highest BCUT2D eigenvalue weighted by Crippen LogP contribution is 2.19. The first-order valence-electron chi connectivity index (χ1n) is 10.5. The Morgan fingerprint density at radius 2 is 1.59 bits per heavy atom. The highest BCUT2D eigenvalue weighted by atomic mass is 35.5. The number of likely N-dealkylation sites (N-methyl/N-ethyl adjacent to an activating group) is 1. The van der Waals surface area contributed by atoms with Crippen molar-refractivity contribution in [2.24, 2.45) is 0 Å². The number of nitrogens with zero attached hydrogens (tertiary/aromatic N) is 1. The second-order valence-corrected chi connectivity index (χ2v) is 7.96. The summed E-state index contributed by atoms with van der Waals surface area (Å²) in [6.45, 7) is 2.02. The maximum atomic E-state index is 13.3. The molecule has 2 amide bonds. The van der Waals surface area contributed by atoms with Gasteiger partial charge in [0.25, 0.3) is 5.91 Å². The van der Waals surface area contributed by atoms with E-state index in [0.29, 0.717) is 17.2 Å². The molecule has 3 aromatic carbocycles. The minimum absolute atomic E-state index is 0.166. The maximum Gasteiger partial charge on any atom is 0.261 e. The van der Waals surface area contributed by atoms with Crippen molar-refractivity contribution in [3.05, 3.63) is 101 Å². The summed E-state index contributed by atoms with van der Waals surface area (Å²) in [4.78, 5) is 27.8. The molecular formula is C26H27ClN2O3. The summed E-state index contributed by atoms with van der Waals surface area (Å²) in [5.74, 6) is 0.145. The van der Waals surface area contributed by atoms with Gasteiger partial charge in [0.1, 0.15) is 11.8 Å². The van der Waals surface area contributed by atoms with Gasteiger partial charge < -0.3 is 15.0 Å². The Hall–Kier alpha value is -3.31. The first kappa shape index (κ1) is 23.4. The lowest BCUT2D eigenvalue weighted by molar-refractivity contribution is -0.142. The van der Waals surface area contributed by atoms with Crippen molar-refractivity contribution in [1.29, 1.82) is 0 Å². The number of ether oxygens (including phenoxy) is 1. The number of nitrogens with one attached hydrogen (secondary N) is 1. The van der Waals surface area contributed by atoms with Gasteiger partial charge in [0.15, 0.2) is 6.61 Å². The van der Waals surface area contributed by atoms with Crippen molar-refractivity contribution in [3.63, 3.8) is 0 Å². The van der Waals surface area contributed by atoms with E-state index in [2.05, 4.69) is 5.32 Å². The van der Waals surface area contributed by atoms with Crippen LogP contribution >= 0.6 is 11.6 Å². The van der Waals surface area contributed by atoms with Crippen LogP contribution in [0.15, 0.2) is 78.9 Å². The van der Waals surface area contributed by atoms with Crippen LogP contribution in [-0.4, -0.2) is 36.4 Å². The zero-order chi connectivity index (χ0) is 22.9. The molecule has 3 rings (SSSR count). The normalized spacial score (nSPS) is 11.5. The molecule has 0 aliphatic heterocycles. The van der Waals surface area contributed by atoms with Gasteiger partial charge >= 0.3 is 0 Å². The van der Waals surface area contributed by atoms with Crippen LogP contribution < -0.4 is 10.1 Å². The molecule has 3 aromatic rings. The van der Waals surface area contributed by atoms with E-state index in [1.54, 1.807) is 24.1 Å². The van der Waals surface area contributed by atoms with E-state index in [9.17, 15) is 9.59 Å². The Labute approximate surface area is 194 Å². The Morgan fingerprint density at radius 3 is 2.25 bits per heavy atom. The molecule has 32 heavy (non-hydrogen) atoms. The molecule has 166 valence electrons. The van der Waals surface area contributed by atoms with Crippen LogP contribution in [0.5, 0.6) is 5.75 Å². The summed E-state index contributed by atoms with van der Waals surface area (Å²) < 4.78 is 5.81. The molecule has 0 aromatic heterocycles. The number of hydrogen-bond acceptors (Lipinski definition) is 3. The van der Waals surface area contributed by atoms with Crippen LogP contribution in [0.2, 0.25) is 5.02 Å². The molecule has 1 atom stereocenters. The zero-order valence-corrected chi connectivity index (χ0v) is 19.0. The highest BCUT2D eigenvalue weighted by molar-refractivity contribution is 6.30. The summed E-state index contributed by atoms with van der Waals surface area (Å²) in [6.07, 6.45) is 0.393. The van der Waals surface area contributed by atoms with Crippen LogP contribution in [0.3, 0.4) is 0 Å². The smallest absolute Gasteiger partial charge is 0.261 e. The fraction of sp³-hybridized carbons (Fsp3) is 0.231. The third-order valence-corrected chi connectivity index (χ3v) is 5.48. The summed E-state index contributed by atoms with van der Waals surface area (Å²) in [5.41, 5.74) is 2.78. The number of benzene rings is 3.